The SMILES string of the molecule is CC(C)(C)c1[nH]nc2ccsc12. The lowest BCUT2D eigenvalue weighted by Gasteiger charge is -2.15. The van der Waals surface area contributed by atoms with Gasteiger partial charge in [0, 0.05) is 5.41 Å². The predicted molar refractivity (Wildman–Crippen MR) is 52.7 cm³/mol. The van der Waals surface area contributed by atoms with Crippen molar-refractivity contribution < 1.29 is 0 Å². The Labute approximate surface area is 75.6 Å². The van der Waals surface area contributed by atoms with E-state index in [9.17, 15) is 0 Å². The van der Waals surface area contributed by atoms with Gasteiger partial charge in [-0.05, 0) is 11.4 Å². The van der Waals surface area contributed by atoms with E-state index in [0.717, 1.165) is 5.52 Å². The Morgan fingerprint density at radius 1 is 1.42 bits per heavy atom. The summed E-state index contributed by atoms with van der Waals surface area (Å²) in [5.41, 5.74) is 2.50. The molecule has 64 valence electrons. The van der Waals surface area contributed by atoms with Gasteiger partial charge in [0.1, 0.15) is 5.52 Å². The molecule has 2 aromatic rings. The molecule has 0 atom stereocenters. The van der Waals surface area contributed by atoms with Crippen molar-refractivity contribution in [3.05, 3.63) is 17.1 Å². The highest BCUT2D eigenvalue weighted by Crippen LogP contribution is 2.30. The minimum absolute atomic E-state index is 0.166. The van der Waals surface area contributed by atoms with Gasteiger partial charge in [-0.25, -0.2) is 0 Å². The van der Waals surface area contributed by atoms with Crippen LogP contribution < -0.4 is 0 Å². The van der Waals surface area contributed by atoms with Crippen molar-refractivity contribution in [2.24, 2.45) is 0 Å². The molecule has 0 aliphatic carbocycles. The molecular weight excluding hydrogens is 168 g/mol. The first kappa shape index (κ1) is 7.80. The topological polar surface area (TPSA) is 28.7 Å². The van der Waals surface area contributed by atoms with Crippen molar-refractivity contribution in [2.75, 3.05) is 0 Å². The van der Waals surface area contributed by atoms with Crippen LogP contribution in [0.15, 0.2) is 11.4 Å². The van der Waals surface area contributed by atoms with Crippen LogP contribution in [0.3, 0.4) is 0 Å². The van der Waals surface area contributed by atoms with E-state index in [0.29, 0.717) is 0 Å². The van der Waals surface area contributed by atoms with E-state index in [2.05, 4.69) is 36.3 Å². The van der Waals surface area contributed by atoms with Crippen LogP contribution in [0.4, 0.5) is 0 Å². The van der Waals surface area contributed by atoms with Gasteiger partial charge in [-0.1, -0.05) is 20.8 Å². The summed E-state index contributed by atoms with van der Waals surface area (Å²) < 4.78 is 1.29. The molecule has 0 fully saturated rings. The molecule has 0 bridgehead atoms. The van der Waals surface area contributed by atoms with Crippen LogP contribution in [-0.4, -0.2) is 10.2 Å². The molecule has 0 amide bonds. The maximum Gasteiger partial charge on any atom is 0.103 e. The fraction of sp³-hybridized carbons (Fsp3) is 0.444. The maximum atomic E-state index is 4.23. The third kappa shape index (κ3) is 1.05. The average Bonchev–Trinajstić information content (AvgIpc) is 2.37. The van der Waals surface area contributed by atoms with Crippen LogP contribution >= 0.6 is 11.3 Å². The van der Waals surface area contributed by atoms with Crippen LogP contribution in [0.5, 0.6) is 0 Å². The summed E-state index contributed by atoms with van der Waals surface area (Å²) in [5.74, 6) is 0. The fourth-order valence-electron chi connectivity index (χ4n) is 1.25. The van der Waals surface area contributed by atoms with Gasteiger partial charge in [-0.15, -0.1) is 11.3 Å². The van der Waals surface area contributed by atoms with Gasteiger partial charge in [0.25, 0.3) is 0 Å². The van der Waals surface area contributed by atoms with Crippen LogP contribution in [-0.2, 0) is 5.41 Å². The number of fused-ring (bicyclic) bond motifs is 1. The van der Waals surface area contributed by atoms with E-state index >= 15 is 0 Å². The second kappa shape index (κ2) is 2.33. The first-order valence-electron chi connectivity index (χ1n) is 4.01. The molecule has 0 aliphatic rings. The van der Waals surface area contributed by atoms with E-state index in [-0.39, 0.29) is 5.41 Å². The number of aromatic amines is 1. The number of rotatable bonds is 0. The second-order valence-electron chi connectivity index (χ2n) is 3.98. The minimum Gasteiger partial charge on any atom is -0.280 e. The van der Waals surface area contributed by atoms with Crippen molar-refractivity contribution in [3.63, 3.8) is 0 Å². The Bertz CT molecular complexity index is 392. The summed E-state index contributed by atoms with van der Waals surface area (Å²) in [6.45, 7) is 6.58. The highest BCUT2D eigenvalue weighted by molar-refractivity contribution is 7.17. The molecular formula is C9H12N2S. The van der Waals surface area contributed by atoms with Crippen LogP contribution in [0.2, 0.25) is 0 Å². The van der Waals surface area contributed by atoms with Gasteiger partial charge in [0.15, 0.2) is 0 Å². The average molecular weight is 180 g/mol. The number of H-pyrrole nitrogens is 1. The first-order chi connectivity index (χ1) is 5.59. The van der Waals surface area contributed by atoms with Crippen LogP contribution in [0, 0.1) is 0 Å². The Morgan fingerprint density at radius 3 is 2.83 bits per heavy atom. The fourth-order valence-corrected chi connectivity index (χ4v) is 2.29. The zero-order chi connectivity index (χ0) is 8.77. The lowest BCUT2D eigenvalue weighted by molar-refractivity contribution is 0.572. The largest absolute Gasteiger partial charge is 0.280 e. The Balaban J connectivity index is 2.69. The number of hydrogen-bond acceptors (Lipinski definition) is 2. The molecule has 0 aromatic carbocycles. The monoisotopic (exact) mass is 180 g/mol. The maximum absolute atomic E-state index is 4.23. The number of thiophene rings is 1. The molecule has 3 heteroatoms. The first-order valence-corrected chi connectivity index (χ1v) is 4.89. The van der Waals surface area contributed by atoms with Crippen molar-refractivity contribution in [1.29, 1.82) is 0 Å². The van der Waals surface area contributed by atoms with E-state index < -0.39 is 0 Å². The molecule has 0 saturated heterocycles. The van der Waals surface area contributed by atoms with Gasteiger partial charge >= 0.3 is 0 Å². The molecule has 12 heavy (non-hydrogen) atoms. The van der Waals surface area contributed by atoms with Crippen molar-refractivity contribution in [2.45, 2.75) is 26.2 Å². The van der Waals surface area contributed by atoms with E-state index in [1.165, 1.54) is 10.4 Å². The Hall–Kier alpha value is -0.830. The van der Waals surface area contributed by atoms with Crippen LogP contribution in [0.25, 0.3) is 10.2 Å². The second-order valence-corrected chi connectivity index (χ2v) is 4.90. The Morgan fingerprint density at radius 2 is 2.17 bits per heavy atom. The molecule has 2 heterocycles. The zero-order valence-electron chi connectivity index (χ0n) is 7.51. The van der Waals surface area contributed by atoms with Gasteiger partial charge in [0.2, 0.25) is 0 Å². The number of hydrogen-bond donors (Lipinski definition) is 1. The lowest BCUT2D eigenvalue weighted by atomic mass is 9.92. The van der Waals surface area contributed by atoms with Gasteiger partial charge < -0.3 is 0 Å². The lowest BCUT2D eigenvalue weighted by Crippen LogP contribution is -2.11. The molecule has 0 unspecified atom stereocenters. The highest BCUT2D eigenvalue weighted by atomic mass is 32.1. The third-order valence-corrected chi connectivity index (χ3v) is 2.83. The van der Waals surface area contributed by atoms with Crippen LogP contribution in [0.1, 0.15) is 26.5 Å². The zero-order valence-corrected chi connectivity index (χ0v) is 8.33. The summed E-state index contributed by atoms with van der Waals surface area (Å²) in [6.07, 6.45) is 0. The summed E-state index contributed by atoms with van der Waals surface area (Å²) in [4.78, 5) is 0. The van der Waals surface area contributed by atoms with Crippen molar-refractivity contribution >= 4 is 21.6 Å². The van der Waals surface area contributed by atoms with E-state index in [1.807, 2.05) is 6.07 Å². The molecule has 2 rings (SSSR count). The molecule has 0 aliphatic heterocycles. The summed E-state index contributed by atoms with van der Waals surface area (Å²) in [7, 11) is 0. The van der Waals surface area contributed by atoms with Crippen molar-refractivity contribution in [3.8, 4) is 0 Å². The van der Waals surface area contributed by atoms with E-state index in [4.69, 9.17) is 0 Å². The number of aromatic nitrogens is 2. The number of nitrogens with one attached hydrogen (secondary N) is 1. The van der Waals surface area contributed by atoms with Gasteiger partial charge in [-0.3, -0.25) is 5.10 Å². The molecule has 0 saturated carbocycles. The normalized spacial score (nSPS) is 12.6. The van der Waals surface area contributed by atoms with E-state index in [1.54, 1.807) is 11.3 Å². The molecule has 2 aromatic heterocycles. The molecule has 2 nitrogen and oxygen atoms in total. The predicted octanol–water partition coefficient (Wildman–Crippen LogP) is 2.92. The smallest absolute Gasteiger partial charge is 0.103 e. The van der Waals surface area contributed by atoms with Gasteiger partial charge in [-0.2, -0.15) is 5.10 Å². The summed E-state index contributed by atoms with van der Waals surface area (Å²) >= 11 is 1.75. The molecule has 1 N–H and O–H groups in total. The molecule has 0 spiro atoms. The minimum atomic E-state index is 0.166. The number of nitrogens with zero attached hydrogens (tertiary/aromatic N) is 1. The molecule has 0 radical (unpaired) electrons. The highest BCUT2D eigenvalue weighted by Gasteiger charge is 2.19. The third-order valence-electron chi connectivity index (χ3n) is 1.91. The summed E-state index contributed by atoms with van der Waals surface area (Å²) in [5, 5.41) is 9.41. The standard InChI is InChI=1S/C9H12N2S/c1-9(2,3)8-7-6(10-11-8)4-5-12-7/h4-5H,1-3H3,(H,10,11). The van der Waals surface area contributed by atoms with Crippen molar-refractivity contribution in [1.82, 2.24) is 10.2 Å². The van der Waals surface area contributed by atoms with Gasteiger partial charge in [0.05, 0.1) is 10.4 Å². The Kier molecular flexibility index (Phi) is 1.51. The summed E-state index contributed by atoms with van der Waals surface area (Å²) in [6, 6.07) is 2.05. The quantitative estimate of drug-likeness (QED) is 0.663.